The summed E-state index contributed by atoms with van der Waals surface area (Å²) in [4.78, 5) is 0. The monoisotopic (exact) mass is 320 g/mol. The van der Waals surface area contributed by atoms with Crippen LogP contribution in [-0.4, -0.2) is 31.6 Å². The van der Waals surface area contributed by atoms with Crippen LogP contribution in [-0.2, 0) is 16.6 Å². The van der Waals surface area contributed by atoms with E-state index in [1.165, 1.54) is 0 Å². The summed E-state index contributed by atoms with van der Waals surface area (Å²) in [6.07, 6.45) is 2.28. The molecule has 4 nitrogen and oxygen atoms in total. The average molecular weight is 321 g/mol. The lowest BCUT2D eigenvalue weighted by atomic mass is 10.2. The van der Waals surface area contributed by atoms with Gasteiger partial charge in [0.2, 0.25) is 10.0 Å². The second kappa shape index (κ2) is 10.2. The Kier molecular flexibility index (Phi) is 9.84. The molecule has 0 bridgehead atoms. The third kappa shape index (κ3) is 6.70. The zero-order chi connectivity index (χ0) is 14.1. The van der Waals surface area contributed by atoms with Crippen LogP contribution in [0.1, 0.15) is 31.7 Å². The Hall–Kier alpha value is -0.620. The van der Waals surface area contributed by atoms with Crippen molar-refractivity contribution in [2.75, 3.05) is 18.8 Å². The minimum Gasteiger partial charge on any atom is -0.330 e. The van der Waals surface area contributed by atoms with Gasteiger partial charge in [-0.2, -0.15) is 4.31 Å². The molecule has 1 aromatic rings. The summed E-state index contributed by atoms with van der Waals surface area (Å²) in [5.74, 6) is 0.223. The van der Waals surface area contributed by atoms with E-state index >= 15 is 0 Å². The number of nitrogens with two attached hydrogens (primary N) is 1. The highest BCUT2D eigenvalue weighted by Crippen LogP contribution is 2.12. The van der Waals surface area contributed by atoms with Gasteiger partial charge < -0.3 is 5.73 Å². The van der Waals surface area contributed by atoms with Crippen LogP contribution in [0, 0.1) is 0 Å². The number of hydrogen-bond acceptors (Lipinski definition) is 3. The van der Waals surface area contributed by atoms with E-state index in [2.05, 4.69) is 0 Å². The molecule has 0 radical (unpaired) electrons. The van der Waals surface area contributed by atoms with Crippen LogP contribution < -0.4 is 5.73 Å². The van der Waals surface area contributed by atoms with Gasteiger partial charge in [0.15, 0.2) is 0 Å². The molecule has 0 aliphatic carbocycles. The van der Waals surface area contributed by atoms with Gasteiger partial charge in [-0.15, -0.1) is 12.4 Å². The zero-order valence-electron chi connectivity index (χ0n) is 12.0. The van der Waals surface area contributed by atoms with Crippen molar-refractivity contribution in [3.8, 4) is 0 Å². The fourth-order valence-corrected chi connectivity index (χ4v) is 3.49. The highest BCUT2D eigenvalue weighted by atomic mass is 35.5. The molecule has 6 heteroatoms. The molecule has 0 heterocycles. The number of benzene rings is 1. The maximum atomic E-state index is 12.3. The fourth-order valence-electron chi connectivity index (χ4n) is 1.83. The molecule has 2 N–H and O–H groups in total. The van der Waals surface area contributed by atoms with Gasteiger partial charge in [0.1, 0.15) is 0 Å². The van der Waals surface area contributed by atoms with Crippen molar-refractivity contribution < 1.29 is 8.42 Å². The minimum absolute atomic E-state index is 0. The van der Waals surface area contributed by atoms with Gasteiger partial charge >= 0.3 is 0 Å². The molecule has 0 saturated heterocycles. The summed E-state index contributed by atoms with van der Waals surface area (Å²) < 4.78 is 26.1. The van der Waals surface area contributed by atoms with Gasteiger partial charge in [-0.05, 0) is 24.9 Å². The lowest BCUT2D eigenvalue weighted by Crippen LogP contribution is -2.34. The first-order chi connectivity index (χ1) is 9.10. The van der Waals surface area contributed by atoms with Crippen LogP contribution in [0.25, 0.3) is 0 Å². The first-order valence-corrected chi connectivity index (χ1v) is 8.43. The van der Waals surface area contributed by atoms with Crippen LogP contribution in [0.2, 0.25) is 0 Å². The van der Waals surface area contributed by atoms with E-state index in [1.807, 2.05) is 37.3 Å². The molecule has 20 heavy (non-hydrogen) atoms. The lowest BCUT2D eigenvalue weighted by Gasteiger charge is -2.22. The SMILES string of the molecule is CCCCS(=O)(=O)N(CCCN)Cc1ccccc1.Cl. The molecule has 116 valence electrons. The molecule has 0 aromatic heterocycles. The normalized spacial score (nSPS) is 11.3. The van der Waals surface area contributed by atoms with E-state index < -0.39 is 10.0 Å². The number of nitrogens with zero attached hydrogens (tertiary/aromatic N) is 1. The molecular weight excluding hydrogens is 296 g/mol. The van der Waals surface area contributed by atoms with Crippen molar-refractivity contribution in [3.63, 3.8) is 0 Å². The Bertz CT molecular complexity index is 452. The first kappa shape index (κ1) is 19.4. The molecule has 0 aliphatic heterocycles. The Balaban J connectivity index is 0.00000361. The Morgan fingerprint density at radius 2 is 1.80 bits per heavy atom. The van der Waals surface area contributed by atoms with Gasteiger partial charge in [0, 0.05) is 13.1 Å². The van der Waals surface area contributed by atoms with E-state index in [0.29, 0.717) is 32.5 Å². The number of sulfonamides is 1. The number of halogens is 1. The van der Waals surface area contributed by atoms with Gasteiger partial charge in [-0.25, -0.2) is 8.42 Å². The summed E-state index contributed by atoms with van der Waals surface area (Å²) in [5, 5.41) is 0. The van der Waals surface area contributed by atoms with Crippen LogP contribution in [0.5, 0.6) is 0 Å². The molecule has 0 saturated carbocycles. The van der Waals surface area contributed by atoms with E-state index in [0.717, 1.165) is 12.0 Å². The molecular formula is C14H25ClN2O2S. The standard InChI is InChI=1S/C14H24N2O2S.ClH/c1-2-3-12-19(17,18)16(11-7-10-15)13-14-8-5-4-6-9-14;/h4-6,8-9H,2-3,7,10-13,15H2,1H3;1H. The maximum Gasteiger partial charge on any atom is 0.214 e. The van der Waals surface area contributed by atoms with Crippen LogP contribution >= 0.6 is 12.4 Å². The quantitative estimate of drug-likeness (QED) is 0.760. The van der Waals surface area contributed by atoms with Gasteiger partial charge in [-0.1, -0.05) is 43.7 Å². The number of rotatable bonds is 9. The van der Waals surface area contributed by atoms with Crippen molar-refractivity contribution in [1.29, 1.82) is 0 Å². The lowest BCUT2D eigenvalue weighted by molar-refractivity contribution is 0.401. The van der Waals surface area contributed by atoms with Gasteiger partial charge in [-0.3, -0.25) is 0 Å². The van der Waals surface area contributed by atoms with E-state index in [4.69, 9.17) is 5.73 Å². The first-order valence-electron chi connectivity index (χ1n) is 6.82. The second-order valence-electron chi connectivity index (χ2n) is 4.63. The molecule has 0 fully saturated rings. The van der Waals surface area contributed by atoms with Crippen LogP contribution in [0.4, 0.5) is 0 Å². The van der Waals surface area contributed by atoms with Crippen molar-refractivity contribution in [2.45, 2.75) is 32.7 Å². The Morgan fingerprint density at radius 3 is 2.35 bits per heavy atom. The van der Waals surface area contributed by atoms with Crippen molar-refractivity contribution >= 4 is 22.4 Å². The number of hydrogen-bond donors (Lipinski definition) is 1. The summed E-state index contributed by atoms with van der Waals surface area (Å²) in [6, 6.07) is 9.68. The number of unbranched alkanes of at least 4 members (excludes halogenated alkanes) is 1. The predicted molar refractivity (Wildman–Crippen MR) is 86.5 cm³/mol. The summed E-state index contributed by atoms with van der Waals surface area (Å²) in [5.41, 5.74) is 6.51. The molecule has 0 unspecified atom stereocenters. The van der Waals surface area contributed by atoms with Crippen LogP contribution in [0.3, 0.4) is 0 Å². The highest BCUT2D eigenvalue weighted by Gasteiger charge is 2.20. The topological polar surface area (TPSA) is 63.4 Å². The molecule has 1 aromatic carbocycles. The summed E-state index contributed by atoms with van der Waals surface area (Å²) in [6.45, 7) is 3.44. The Morgan fingerprint density at radius 1 is 1.15 bits per heavy atom. The minimum atomic E-state index is -3.18. The van der Waals surface area contributed by atoms with Crippen molar-refractivity contribution in [1.82, 2.24) is 4.31 Å². The molecule has 0 atom stereocenters. The smallest absolute Gasteiger partial charge is 0.214 e. The predicted octanol–water partition coefficient (Wildman–Crippen LogP) is 2.39. The maximum absolute atomic E-state index is 12.3. The second-order valence-corrected chi connectivity index (χ2v) is 6.72. The molecule has 1 rings (SSSR count). The highest BCUT2D eigenvalue weighted by molar-refractivity contribution is 7.89. The molecule has 0 amide bonds. The van der Waals surface area contributed by atoms with E-state index in [-0.39, 0.29) is 18.2 Å². The van der Waals surface area contributed by atoms with Crippen molar-refractivity contribution in [2.24, 2.45) is 5.73 Å². The summed E-state index contributed by atoms with van der Waals surface area (Å²) in [7, 11) is -3.18. The average Bonchev–Trinajstić information content (AvgIpc) is 2.42. The van der Waals surface area contributed by atoms with E-state index in [9.17, 15) is 8.42 Å². The zero-order valence-corrected chi connectivity index (χ0v) is 13.6. The van der Waals surface area contributed by atoms with Gasteiger partial charge in [0.05, 0.1) is 5.75 Å². The third-order valence-electron chi connectivity index (χ3n) is 2.96. The Labute approximate surface area is 128 Å². The van der Waals surface area contributed by atoms with E-state index in [1.54, 1.807) is 4.31 Å². The molecule has 0 aliphatic rings. The molecule has 0 spiro atoms. The fraction of sp³-hybridized carbons (Fsp3) is 0.571. The largest absolute Gasteiger partial charge is 0.330 e. The van der Waals surface area contributed by atoms with Crippen LogP contribution in [0.15, 0.2) is 30.3 Å². The van der Waals surface area contributed by atoms with Gasteiger partial charge in [0.25, 0.3) is 0 Å². The third-order valence-corrected chi connectivity index (χ3v) is 4.87. The van der Waals surface area contributed by atoms with Crippen molar-refractivity contribution in [3.05, 3.63) is 35.9 Å². The summed E-state index contributed by atoms with van der Waals surface area (Å²) >= 11 is 0.